The van der Waals surface area contributed by atoms with Crippen LogP contribution in [0.25, 0.3) is 6.08 Å². The lowest BCUT2D eigenvalue weighted by atomic mass is 10.1. The molecule has 1 amide bonds. The van der Waals surface area contributed by atoms with Gasteiger partial charge in [0.1, 0.15) is 0 Å². The van der Waals surface area contributed by atoms with Crippen LogP contribution >= 0.6 is 0 Å². The highest BCUT2D eigenvalue weighted by atomic mass is 16.5. The fourth-order valence-electron chi connectivity index (χ4n) is 2.60. The molecule has 1 unspecified atom stereocenters. The number of nitrogens with one attached hydrogen (secondary N) is 1. The normalized spacial score (nSPS) is 12.0. The summed E-state index contributed by atoms with van der Waals surface area (Å²) in [5.41, 5.74) is 1.97. The molecule has 0 aromatic heterocycles. The maximum atomic E-state index is 12.2. The monoisotopic (exact) mass is 367 g/mol. The Morgan fingerprint density at radius 1 is 1.07 bits per heavy atom. The van der Waals surface area contributed by atoms with Crippen LogP contribution in [0.5, 0.6) is 11.5 Å². The van der Waals surface area contributed by atoms with Gasteiger partial charge >= 0.3 is 0 Å². The quantitative estimate of drug-likeness (QED) is 0.466. The number of ether oxygens (including phenoxy) is 2. The van der Waals surface area contributed by atoms with Gasteiger partial charge in [0, 0.05) is 6.08 Å². The molecule has 4 heteroatoms. The van der Waals surface area contributed by atoms with Crippen LogP contribution in [0, 0.1) is 0 Å². The first-order valence-corrected chi connectivity index (χ1v) is 9.57. The molecule has 27 heavy (non-hydrogen) atoms. The van der Waals surface area contributed by atoms with Gasteiger partial charge in [0.2, 0.25) is 5.91 Å². The molecule has 0 saturated heterocycles. The highest BCUT2D eigenvalue weighted by Crippen LogP contribution is 2.29. The van der Waals surface area contributed by atoms with E-state index in [1.165, 1.54) is 0 Å². The van der Waals surface area contributed by atoms with Crippen molar-refractivity contribution in [2.75, 3.05) is 13.2 Å². The number of benzene rings is 2. The molecule has 0 bridgehead atoms. The zero-order valence-corrected chi connectivity index (χ0v) is 16.4. The summed E-state index contributed by atoms with van der Waals surface area (Å²) >= 11 is 0. The van der Waals surface area contributed by atoms with Gasteiger partial charge in [0.05, 0.1) is 19.3 Å². The average molecular weight is 367 g/mol. The van der Waals surface area contributed by atoms with Crippen LogP contribution in [-0.2, 0) is 4.79 Å². The van der Waals surface area contributed by atoms with Gasteiger partial charge in [-0.2, -0.15) is 0 Å². The molecule has 0 heterocycles. The topological polar surface area (TPSA) is 47.6 Å². The Balaban J connectivity index is 2.00. The van der Waals surface area contributed by atoms with E-state index in [1.54, 1.807) is 12.2 Å². The van der Waals surface area contributed by atoms with E-state index >= 15 is 0 Å². The summed E-state index contributed by atoms with van der Waals surface area (Å²) in [6.45, 7) is 7.27. The number of hydrogen-bond donors (Lipinski definition) is 1. The van der Waals surface area contributed by atoms with Crippen molar-refractivity contribution in [2.45, 2.75) is 39.7 Å². The average Bonchev–Trinajstić information content (AvgIpc) is 2.69. The number of unbranched alkanes of at least 4 members (excludes halogenated alkanes) is 1. The molecule has 144 valence electrons. The van der Waals surface area contributed by atoms with Gasteiger partial charge < -0.3 is 14.8 Å². The highest BCUT2D eigenvalue weighted by molar-refractivity contribution is 5.92. The first kappa shape index (κ1) is 20.6. The highest BCUT2D eigenvalue weighted by Gasteiger charge is 2.08. The fraction of sp³-hybridized carbons (Fsp3) is 0.348. The van der Waals surface area contributed by atoms with Gasteiger partial charge in [0.25, 0.3) is 0 Å². The Kier molecular flexibility index (Phi) is 8.43. The van der Waals surface area contributed by atoms with Crippen LogP contribution in [0.4, 0.5) is 0 Å². The third-order valence-electron chi connectivity index (χ3n) is 4.11. The van der Waals surface area contributed by atoms with Crippen LogP contribution in [0.1, 0.15) is 50.8 Å². The zero-order valence-electron chi connectivity index (χ0n) is 16.4. The second-order valence-corrected chi connectivity index (χ2v) is 6.32. The van der Waals surface area contributed by atoms with Crippen LogP contribution in [-0.4, -0.2) is 19.1 Å². The lowest BCUT2D eigenvalue weighted by molar-refractivity contribution is -0.117. The first-order valence-electron chi connectivity index (χ1n) is 9.57. The number of carbonyl (C=O) groups is 1. The smallest absolute Gasteiger partial charge is 0.244 e. The molecular formula is C23H29NO3. The minimum Gasteiger partial charge on any atom is -0.490 e. The maximum absolute atomic E-state index is 12.2. The molecule has 0 fully saturated rings. The minimum atomic E-state index is -0.132. The molecular weight excluding hydrogens is 338 g/mol. The predicted molar refractivity (Wildman–Crippen MR) is 110 cm³/mol. The van der Waals surface area contributed by atoms with Crippen molar-refractivity contribution in [3.63, 3.8) is 0 Å². The molecule has 0 radical (unpaired) electrons. The Morgan fingerprint density at radius 3 is 2.56 bits per heavy atom. The van der Waals surface area contributed by atoms with E-state index in [-0.39, 0.29) is 11.9 Å². The molecule has 1 atom stereocenters. The molecule has 0 aliphatic rings. The molecule has 4 nitrogen and oxygen atoms in total. The minimum absolute atomic E-state index is 0.0447. The van der Waals surface area contributed by atoms with E-state index in [0.717, 1.165) is 29.7 Å². The summed E-state index contributed by atoms with van der Waals surface area (Å²) in [5.74, 6) is 1.31. The summed E-state index contributed by atoms with van der Waals surface area (Å²) in [5, 5.41) is 2.97. The second-order valence-electron chi connectivity index (χ2n) is 6.32. The van der Waals surface area contributed by atoms with Gasteiger partial charge in [-0.1, -0.05) is 49.7 Å². The lowest BCUT2D eigenvalue weighted by Gasteiger charge is -2.13. The van der Waals surface area contributed by atoms with Crippen LogP contribution in [0.2, 0.25) is 0 Å². The zero-order chi connectivity index (χ0) is 19.5. The van der Waals surface area contributed by atoms with Crippen LogP contribution in [0.15, 0.2) is 54.6 Å². The largest absolute Gasteiger partial charge is 0.490 e. The molecule has 2 rings (SSSR count). The Hall–Kier alpha value is -2.75. The molecule has 2 aromatic carbocycles. The summed E-state index contributed by atoms with van der Waals surface area (Å²) in [6.07, 6.45) is 5.42. The van der Waals surface area contributed by atoms with Crippen molar-refractivity contribution in [1.29, 1.82) is 0 Å². The third kappa shape index (κ3) is 6.81. The fourth-order valence-corrected chi connectivity index (χ4v) is 2.60. The molecule has 0 saturated carbocycles. The molecule has 0 spiro atoms. The summed E-state index contributed by atoms with van der Waals surface area (Å²) in [7, 11) is 0. The van der Waals surface area contributed by atoms with E-state index in [9.17, 15) is 4.79 Å². The maximum Gasteiger partial charge on any atom is 0.244 e. The van der Waals surface area contributed by atoms with Crippen molar-refractivity contribution in [2.24, 2.45) is 0 Å². The van der Waals surface area contributed by atoms with Gasteiger partial charge in [-0.3, -0.25) is 4.79 Å². The second kappa shape index (κ2) is 11.1. The van der Waals surface area contributed by atoms with E-state index in [2.05, 4.69) is 12.2 Å². The van der Waals surface area contributed by atoms with E-state index in [1.807, 2.05) is 62.4 Å². The first-order chi connectivity index (χ1) is 13.1. The molecule has 2 aromatic rings. The van der Waals surface area contributed by atoms with E-state index in [4.69, 9.17) is 9.47 Å². The summed E-state index contributed by atoms with van der Waals surface area (Å²) in [4.78, 5) is 12.2. The number of amides is 1. The van der Waals surface area contributed by atoms with Crippen LogP contribution in [0.3, 0.4) is 0 Å². The van der Waals surface area contributed by atoms with Gasteiger partial charge in [-0.15, -0.1) is 0 Å². The van der Waals surface area contributed by atoms with Gasteiger partial charge in [-0.05, 0) is 49.6 Å². The predicted octanol–water partition coefficient (Wildman–Crippen LogP) is 5.15. The third-order valence-corrected chi connectivity index (χ3v) is 4.11. The number of carbonyl (C=O) groups excluding carboxylic acids is 1. The van der Waals surface area contributed by atoms with Crippen molar-refractivity contribution >= 4 is 12.0 Å². The van der Waals surface area contributed by atoms with E-state index < -0.39 is 0 Å². The summed E-state index contributed by atoms with van der Waals surface area (Å²) in [6, 6.07) is 15.6. The summed E-state index contributed by atoms with van der Waals surface area (Å²) < 4.78 is 11.5. The molecule has 1 N–H and O–H groups in total. The Morgan fingerprint density at radius 2 is 1.85 bits per heavy atom. The van der Waals surface area contributed by atoms with E-state index in [0.29, 0.717) is 19.0 Å². The Labute approximate surface area is 162 Å². The standard InChI is InChI=1S/C23H29NO3/c1-4-6-16-27-21-14-12-19(17-22(21)26-5-2)13-15-23(25)24-18(3)20-10-8-7-9-11-20/h7-15,17-18H,4-6,16H2,1-3H3,(H,24,25)/b15-13+. The van der Waals surface area contributed by atoms with Crippen molar-refractivity contribution in [3.05, 3.63) is 65.7 Å². The SMILES string of the molecule is CCCCOc1ccc(/C=C/C(=O)NC(C)c2ccccc2)cc1OCC. The lowest BCUT2D eigenvalue weighted by Crippen LogP contribution is -2.24. The van der Waals surface area contributed by atoms with Crippen molar-refractivity contribution < 1.29 is 14.3 Å². The molecule has 0 aliphatic carbocycles. The van der Waals surface area contributed by atoms with Crippen LogP contribution < -0.4 is 14.8 Å². The number of hydrogen-bond acceptors (Lipinski definition) is 3. The Bertz CT molecular complexity index is 741. The number of rotatable bonds is 10. The van der Waals surface area contributed by atoms with Crippen molar-refractivity contribution in [3.8, 4) is 11.5 Å². The van der Waals surface area contributed by atoms with Crippen molar-refractivity contribution in [1.82, 2.24) is 5.32 Å². The molecule has 0 aliphatic heterocycles. The van der Waals surface area contributed by atoms with Gasteiger partial charge in [-0.25, -0.2) is 0 Å². The van der Waals surface area contributed by atoms with Gasteiger partial charge in [0.15, 0.2) is 11.5 Å².